The van der Waals surface area contributed by atoms with Crippen LogP contribution in [-0.2, 0) is 11.2 Å². The zero-order valence-corrected chi connectivity index (χ0v) is 24.3. The Morgan fingerprint density at radius 1 is 1.05 bits per heavy atom. The Labute approximate surface area is 249 Å². The van der Waals surface area contributed by atoms with Crippen molar-refractivity contribution < 1.29 is 33.7 Å². The second-order valence-corrected chi connectivity index (χ2v) is 10.8. The van der Waals surface area contributed by atoms with Gasteiger partial charge in [-0.05, 0) is 49.4 Å². The minimum absolute atomic E-state index is 0.0124. The van der Waals surface area contributed by atoms with Gasteiger partial charge in [0.25, 0.3) is 5.91 Å². The molecular weight excluding hydrogens is 554 g/mol. The third-order valence-corrected chi connectivity index (χ3v) is 7.54. The molecule has 0 radical (unpaired) electrons. The summed E-state index contributed by atoms with van der Waals surface area (Å²) < 4.78 is 17.2. The summed E-state index contributed by atoms with van der Waals surface area (Å²) in [6.07, 6.45) is 2.59. The highest BCUT2D eigenvalue weighted by atomic mass is 16.7. The number of amides is 4. The molecule has 43 heavy (non-hydrogen) atoms. The van der Waals surface area contributed by atoms with E-state index in [1.54, 1.807) is 67.4 Å². The van der Waals surface area contributed by atoms with E-state index in [-0.39, 0.29) is 50.1 Å². The summed E-state index contributed by atoms with van der Waals surface area (Å²) in [5, 5.41) is 15.6. The van der Waals surface area contributed by atoms with Crippen LogP contribution < -0.4 is 24.8 Å². The zero-order valence-electron chi connectivity index (χ0n) is 24.3. The van der Waals surface area contributed by atoms with E-state index in [9.17, 15) is 19.5 Å². The Balaban J connectivity index is 1.36. The maximum Gasteiger partial charge on any atom is 0.321 e. The number of nitrogens with zero attached hydrogens (tertiary/aromatic N) is 3. The van der Waals surface area contributed by atoms with Gasteiger partial charge in [-0.3, -0.25) is 14.6 Å². The fourth-order valence-corrected chi connectivity index (χ4v) is 4.98. The van der Waals surface area contributed by atoms with Crippen molar-refractivity contribution in [3.8, 4) is 17.2 Å². The number of aliphatic hydroxyl groups excluding tert-OH is 1. The van der Waals surface area contributed by atoms with Gasteiger partial charge in [0.15, 0.2) is 11.5 Å². The molecule has 226 valence electrons. The fraction of sp³-hybridized carbons (Fsp3) is 0.355. The van der Waals surface area contributed by atoms with Gasteiger partial charge in [-0.15, -0.1) is 0 Å². The molecule has 0 saturated heterocycles. The first-order valence-corrected chi connectivity index (χ1v) is 14.0. The Morgan fingerprint density at radius 2 is 1.74 bits per heavy atom. The van der Waals surface area contributed by atoms with Gasteiger partial charge in [0.1, 0.15) is 11.9 Å². The molecule has 12 nitrogen and oxygen atoms in total. The van der Waals surface area contributed by atoms with Crippen LogP contribution in [0.15, 0.2) is 60.9 Å². The van der Waals surface area contributed by atoms with Gasteiger partial charge >= 0.3 is 6.03 Å². The minimum atomic E-state index is -0.497. The first-order valence-electron chi connectivity index (χ1n) is 14.0. The van der Waals surface area contributed by atoms with E-state index in [2.05, 4.69) is 15.6 Å². The molecule has 2 aliphatic rings. The Kier molecular flexibility index (Phi) is 8.96. The van der Waals surface area contributed by atoms with Gasteiger partial charge in [0.2, 0.25) is 12.7 Å². The summed E-state index contributed by atoms with van der Waals surface area (Å²) in [6.45, 7) is 4.22. The van der Waals surface area contributed by atoms with E-state index in [0.717, 1.165) is 0 Å². The molecule has 3 heterocycles. The highest BCUT2D eigenvalue weighted by molar-refractivity contribution is 6.04. The zero-order chi connectivity index (χ0) is 30.5. The fourth-order valence-electron chi connectivity index (χ4n) is 4.98. The molecule has 2 aliphatic heterocycles. The first kappa shape index (κ1) is 29.6. The van der Waals surface area contributed by atoms with Crippen molar-refractivity contribution in [3.05, 3.63) is 72.1 Å². The Bertz CT molecular complexity index is 1480. The number of pyridine rings is 1. The molecule has 2 aromatic carbocycles. The second kappa shape index (κ2) is 13.0. The van der Waals surface area contributed by atoms with Gasteiger partial charge in [-0.25, -0.2) is 4.79 Å². The van der Waals surface area contributed by atoms with Crippen molar-refractivity contribution in [2.24, 2.45) is 5.92 Å². The SMILES string of the molecule is C[C@H]1CN([C@@H](C)CO)C(=O)Cc2cc(NC(=O)c3ccncc3)ccc2O[C@H]1CN(C)C(=O)Nc1ccc2c(c1)OCO2. The van der Waals surface area contributed by atoms with E-state index in [1.807, 2.05) is 6.92 Å². The van der Waals surface area contributed by atoms with Gasteiger partial charge in [0.05, 0.1) is 25.6 Å². The molecule has 0 saturated carbocycles. The topological polar surface area (TPSA) is 143 Å². The summed E-state index contributed by atoms with van der Waals surface area (Å²) >= 11 is 0. The number of urea groups is 1. The summed E-state index contributed by atoms with van der Waals surface area (Å²) in [6, 6.07) is 12.8. The van der Waals surface area contributed by atoms with E-state index >= 15 is 0 Å². The molecule has 0 bridgehead atoms. The van der Waals surface area contributed by atoms with Crippen molar-refractivity contribution in [1.29, 1.82) is 0 Å². The van der Waals surface area contributed by atoms with E-state index in [4.69, 9.17) is 14.2 Å². The van der Waals surface area contributed by atoms with Crippen molar-refractivity contribution in [3.63, 3.8) is 0 Å². The summed E-state index contributed by atoms with van der Waals surface area (Å²) in [5.41, 5.74) is 2.09. The number of benzene rings is 2. The number of ether oxygens (including phenoxy) is 3. The largest absolute Gasteiger partial charge is 0.488 e. The van der Waals surface area contributed by atoms with Crippen LogP contribution in [0.5, 0.6) is 17.2 Å². The molecule has 3 N–H and O–H groups in total. The number of carbonyl (C=O) groups excluding carboxylic acids is 3. The predicted molar refractivity (Wildman–Crippen MR) is 158 cm³/mol. The van der Waals surface area contributed by atoms with E-state index < -0.39 is 12.1 Å². The predicted octanol–water partition coefficient (Wildman–Crippen LogP) is 3.38. The monoisotopic (exact) mass is 589 g/mol. The van der Waals surface area contributed by atoms with Crippen LogP contribution in [-0.4, -0.2) is 83.4 Å². The molecule has 1 aromatic heterocycles. The lowest BCUT2D eigenvalue weighted by molar-refractivity contribution is -0.134. The number of rotatable bonds is 7. The number of hydrogen-bond donors (Lipinski definition) is 3. The van der Waals surface area contributed by atoms with Crippen LogP contribution in [0.2, 0.25) is 0 Å². The van der Waals surface area contributed by atoms with Gasteiger partial charge in [-0.1, -0.05) is 6.92 Å². The van der Waals surface area contributed by atoms with Crippen LogP contribution in [0.4, 0.5) is 16.2 Å². The third kappa shape index (κ3) is 6.97. The molecule has 12 heteroatoms. The third-order valence-electron chi connectivity index (χ3n) is 7.54. The molecule has 0 unspecified atom stereocenters. The highest BCUT2D eigenvalue weighted by Crippen LogP contribution is 2.34. The van der Waals surface area contributed by atoms with Crippen molar-refractivity contribution in [2.75, 3.05) is 44.2 Å². The lowest BCUT2D eigenvalue weighted by Gasteiger charge is -2.34. The average molecular weight is 590 g/mol. The number of nitrogens with one attached hydrogen (secondary N) is 2. The number of anilines is 2. The molecule has 4 amide bonds. The number of aliphatic hydroxyl groups is 1. The molecule has 3 aromatic rings. The maximum absolute atomic E-state index is 13.5. The maximum atomic E-state index is 13.5. The highest BCUT2D eigenvalue weighted by Gasteiger charge is 2.32. The van der Waals surface area contributed by atoms with Crippen LogP contribution in [0, 0.1) is 5.92 Å². The first-order chi connectivity index (χ1) is 20.7. The minimum Gasteiger partial charge on any atom is -0.488 e. The standard InChI is InChI=1S/C31H35N5O7/c1-19-15-36(20(2)17-37)29(38)13-22-12-23(33-30(39)21-8-10-32-11-9-21)4-6-25(22)43-28(19)16-35(3)31(40)34-24-5-7-26-27(14-24)42-18-41-26/h4-12,14,19-20,28,37H,13,15-18H2,1-3H3,(H,33,39)(H,34,40)/t19-,20-,28-/m0/s1. The van der Waals surface area contributed by atoms with Crippen LogP contribution >= 0.6 is 0 Å². The summed E-state index contributed by atoms with van der Waals surface area (Å²) in [4.78, 5) is 46.5. The second-order valence-electron chi connectivity index (χ2n) is 10.8. The van der Waals surface area contributed by atoms with Crippen LogP contribution in [0.1, 0.15) is 29.8 Å². The van der Waals surface area contributed by atoms with E-state index in [0.29, 0.717) is 46.3 Å². The van der Waals surface area contributed by atoms with E-state index in [1.165, 1.54) is 17.3 Å². The number of carbonyl (C=O) groups is 3. The summed E-state index contributed by atoms with van der Waals surface area (Å²) in [5.74, 6) is 0.977. The van der Waals surface area contributed by atoms with Gasteiger partial charge in [-0.2, -0.15) is 0 Å². The Hall–Kier alpha value is -4.84. The number of fused-ring (bicyclic) bond motifs is 2. The lowest BCUT2D eigenvalue weighted by atomic mass is 10.0. The average Bonchev–Trinajstić information content (AvgIpc) is 3.49. The molecule has 0 spiro atoms. The molecule has 0 aliphatic carbocycles. The molecule has 0 fully saturated rings. The molecule has 5 rings (SSSR count). The van der Waals surface area contributed by atoms with Crippen molar-refractivity contribution in [2.45, 2.75) is 32.4 Å². The lowest BCUT2D eigenvalue weighted by Crippen LogP contribution is -2.48. The Morgan fingerprint density at radius 3 is 2.49 bits per heavy atom. The number of hydrogen-bond acceptors (Lipinski definition) is 8. The normalized spacial score (nSPS) is 18.3. The van der Waals surface area contributed by atoms with Crippen molar-refractivity contribution in [1.82, 2.24) is 14.8 Å². The smallest absolute Gasteiger partial charge is 0.321 e. The van der Waals surface area contributed by atoms with Crippen LogP contribution in [0.3, 0.4) is 0 Å². The van der Waals surface area contributed by atoms with Crippen LogP contribution in [0.25, 0.3) is 0 Å². The van der Waals surface area contributed by atoms with Gasteiger partial charge < -0.3 is 39.8 Å². The number of aromatic nitrogens is 1. The quantitative estimate of drug-likeness (QED) is 0.381. The number of likely N-dealkylation sites (N-methyl/N-ethyl adjacent to an activating group) is 1. The molecular formula is C31H35N5O7. The summed E-state index contributed by atoms with van der Waals surface area (Å²) in [7, 11) is 1.67. The molecule has 3 atom stereocenters. The van der Waals surface area contributed by atoms with Gasteiger partial charge in [0, 0.05) is 60.5 Å². The van der Waals surface area contributed by atoms with Crippen molar-refractivity contribution >= 4 is 29.2 Å².